The molecule has 0 aliphatic carbocycles. The molecule has 0 amide bonds. The molecule has 1 aliphatic rings. The average Bonchev–Trinajstić information content (AvgIpc) is 2.41. The molecule has 1 heterocycles. The number of likely N-dealkylation sites (N-methyl/N-ethyl adjacent to an activating group) is 1. The topological polar surface area (TPSA) is 29.5 Å². The van der Waals surface area contributed by atoms with E-state index in [-0.39, 0.29) is 11.9 Å². The average molecular weight is 273 g/mol. The zero-order valence-corrected chi connectivity index (χ0v) is 12.6. The molecule has 0 radical (unpaired) electrons. The molecule has 0 unspecified atom stereocenters. The molecule has 20 heavy (non-hydrogen) atoms. The lowest BCUT2D eigenvalue weighted by Gasteiger charge is -2.26. The molecule has 1 aromatic rings. The van der Waals surface area contributed by atoms with Crippen LogP contribution in [-0.4, -0.2) is 36.4 Å². The van der Waals surface area contributed by atoms with Gasteiger partial charge in [-0.2, -0.15) is 0 Å². The largest absolute Gasteiger partial charge is 0.491 e. The van der Waals surface area contributed by atoms with Crippen LogP contribution in [0.25, 0.3) is 6.08 Å². The monoisotopic (exact) mass is 273 g/mol. The highest BCUT2D eigenvalue weighted by atomic mass is 16.5. The van der Waals surface area contributed by atoms with E-state index in [1.807, 2.05) is 44.2 Å². The summed E-state index contributed by atoms with van der Waals surface area (Å²) in [6, 6.07) is 7.92. The van der Waals surface area contributed by atoms with Gasteiger partial charge in [-0.1, -0.05) is 19.1 Å². The van der Waals surface area contributed by atoms with Gasteiger partial charge in [-0.05, 0) is 44.2 Å². The van der Waals surface area contributed by atoms with E-state index < -0.39 is 0 Å². The van der Waals surface area contributed by atoms with Crippen LogP contribution in [-0.2, 0) is 4.79 Å². The first-order valence-electron chi connectivity index (χ1n) is 7.31. The van der Waals surface area contributed by atoms with Crippen molar-refractivity contribution < 1.29 is 9.53 Å². The van der Waals surface area contributed by atoms with Gasteiger partial charge >= 0.3 is 0 Å². The number of rotatable bonds is 4. The maximum absolute atomic E-state index is 12.0. The van der Waals surface area contributed by atoms with Crippen molar-refractivity contribution in [1.82, 2.24) is 4.90 Å². The predicted octanol–water partition coefficient (Wildman–Crippen LogP) is 3.15. The molecule has 108 valence electrons. The van der Waals surface area contributed by atoms with Crippen LogP contribution in [0.4, 0.5) is 0 Å². The van der Waals surface area contributed by atoms with Crippen molar-refractivity contribution in [3.8, 4) is 5.75 Å². The SMILES string of the molecule is CCN1CCC(=O)/C(=C/c2cccc(OC(C)C)c2)C1. The van der Waals surface area contributed by atoms with Gasteiger partial charge < -0.3 is 4.74 Å². The first-order chi connectivity index (χ1) is 9.58. The smallest absolute Gasteiger partial charge is 0.161 e. The predicted molar refractivity (Wildman–Crippen MR) is 81.9 cm³/mol. The van der Waals surface area contributed by atoms with Crippen LogP contribution in [0, 0.1) is 0 Å². The maximum atomic E-state index is 12.0. The Kier molecular flexibility index (Phi) is 4.96. The van der Waals surface area contributed by atoms with Crippen LogP contribution in [0.3, 0.4) is 0 Å². The molecule has 0 spiro atoms. The second kappa shape index (κ2) is 6.71. The highest BCUT2D eigenvalue weighted by Gasteiger charge is 2.19. The summed E-state index contributed by atoms with van der Waals surface area (Å²) in [7, 11) is 0. The van der Waals surface area contributed by atoms with Gasteiger partial charge in [-0.3, -0.25) is 9.69 Å². The number of hydrogen-bond donors (Lipinski definition) is 0. The second-order valence-electron chi connectivity index (χ2n) is 5.45. The summed E-state index contributed by atoms with van der Waals surface area (Å²) in [5.74, 6) is 1.12. The fraction of sp³-hybridized carbons (Fsp3) is 0.471. The Bertz CT molecular complexity index is 505. The molecule has 0 bridgehead atoms. The Morgan fingerprint density at radius 3 is 2.90 bits per heavy atom. The van der Waals surface area contributed by atoms with Crippen LogP contribution in [0.5, 0.6) is 5.75 Å². The number of ether oxygens (including phenoxy) is 1. The minimum absolute atomic E-state index is 0.157. The van der Waals surface area contributed by atoms with Crippen LogP contribution in [0.15, 0.2) is 29.8 Å². The van der Waals surface area contributed by atoms with Gasteiger partial charge in [0.1, 0.15) is 5.75 Å². The van der Waals surface area contributed by atoms with Crippen molar-refractivity contribution in [3.63, 3.8) is 0 Å². The van der Waals surface area contributed by atoms with Gasteiger partial charge in [-0.25, -0.2) is 0 Å². The van der Waals surface area contributed by atoms with Crippen molar-refractivity contribution in [2.45, 2.75) is 33.3 Å². The summed E-state index contributed by atoms with van der Waals surface area (Å²) in [5, 5.41) is 0. The summed E-state index contributed by atoms with van der Waals surface area (Å²) < 4.78 is 5.69. The van der Waals surface area contributed by atoms with Crippen LogP contribution >= 0.6 is 0 Å². The second-order valence-corrected chi connectivity index (χ2v) is 5.45. The van der Waals surface area contributed by atoms with Crippen molar-refractivity contribution in [2.24, 2.45) is 0 Å². The molecule has 1 fully saturated rings. The third-order valence-corrected chi connectivity index (χ3v) is 3.43. The van der Waals surface area contributed by atoms with Gasteiger partial charge in [0.05, 0.1) is 6.10 Å². The zero-order valence-electron chi connectivity index (χ0n) is 12.6. The van der Waals surface area contributed by atoms with Crippen LogP contribution < -0.4 is 4.74 Å². The lowest BCUT2D eigenvalue weighted by atomic mass is 10.0. The highest BCUT2D eigenvalue weighted by Crippen LogP contribution is 2.20. The molecule has 0 atom stereocenters. The van der Waals surface area contributed by atoms with Crippen molar-refractivity contribution in [2.75, 3.05) is 19.6 Å². The number of piperidine rings is 1. The molecule has 1 aromatic carbocycles. The molecule has 3 heteroatoms. The number of likely N-dealkylation sites (tertiary alicyclic amines) is 1. The Morgan fingerprint density at radius 2 is 2.20 bits per heavy atom. The lowest BCUT2D eigenvalue weighted by Crippen LogP contribution is -2.35. The Labute approximate surface area is 121 Å². The van der Waals surface area contributed by atoms with Gasteiger partial charge in [-0.15, -0.1) is 0 Å². The van der Waals surface area contributed by atoms with Crippen molar-refractivity contribution >= 4 is 11.9 Å². The van der Waals surface area contributed by atoms with Gasteiger partial charge in [0.25, 0.3) is 0 Å². The third-order valence-electron chi connectivity index (χ3n) is 3.43. The summed E-state index contributed by atoms with van der Waals surface area (Å²) in [5.41, 5.74) is 1.93. The number of Topliss-reactive ketones (excluding diaryl/α,β-unsaturated/α-hetero) is 1. The first kappa shape index (κ1) is 14.8. The summed E-state index contributed by atoms with van der Waals surface area (Å²) >= 11 is 0. The lowest BCUT2D eigenvalue weighted by molar-refractivity contribution is -0.117. The summed E-state index contributed by atoms with van der Waals surface area (Å²) in [6.07, 6.45) is 2.78. The van der Waals surface area contributed by atoms with E-state index >= 15 is 0 Å². The quantitative estimate of drug-likeness (QED) is 0.789. The molecule has 3 nitrogen and oxygen atoms in total. The molecule has 0 aromatic heterocycles. The van der Waals surface area contributed by atoms with Gasteiger partial charge in [0, 0.05) is 25.1 Å². The fourth-order valence-electron chi connectivity index (χ4n) is 2.38. The number of hydrogen-bond acceptors (Lipinski definition) is 3. The Balaban J connectivity index is 2.18. The van der Waals surface area contributed by atoms with E-state index in [0.29, 0.717) is 6.42 Å². The molecular formula is C17H23NO2. The van der Waals surface area contributed by atoms with Crippen LogP contribution in [0.1, 0.15) is 32.8 Å². The van der Waals surface area contributed by atoms with Gasteiger partial charge in [0.15, 0.2) is 5.78 Å². The van der Waals surface area contributed by atoms with Crippen molar-refractivity contribution in [1.29, 1.82) is 0 Å². The molecule has 2 rings (SSSR count). The number of benzene rings is 1. The third kappa shape index (κ3) is 3.94. The number of nitrogens with zero attached hydrogens (tertiary/aromatic N) is 1. The number of carbonyl (C=O) groups excluding carboxylic acids is 1. The summed E-state index contributed by atoms with van der Waals surface area (Å²) in [6.45, 7) is 8.77. The first-order valence-corrected chi connectivity index (χ1v) is 7.31. The van der Waals surface area contributed by atoms with E-state index in [4.69, 9.17) is 4.74 Å². The molecular weight excluding hydrogens is 250 g/mol. The summed E-state index contributed by atoms with van der Waals surface area (Å²) in [4.78, 5) is 14.3. The van der Waals surface area contributed by atoms with Crippen molar-refractivity contribution in [3.05, 3.63) is 35.4 Å². The number of ketones is 1. The van der Waals surface area contributed by atoms with E-state index in [9.17, 15) is 4.79 Å². The molecule has 0 saturated carbocycles. The zero-order chi connectivity index (χ0) is 14.5. The fourth-order valence-corrected chi connectivity index (χ4v) is 2.38. The maximum Gasteiger partial charge on any atom is 0.161 e. The van der Waals surface area contributed by atoms with E-state index in [0.717, 1.165) is 36.5 Å². The molecule has 1 aliphatic heterocycles. The van der Waals surface area contributed by atoms with E-state index in [2.05, 4.69) is 11.8 Å². The molecule has 1 saturated heterocycles. The van der Waals surface area contributed by atoms with E-state index in [1.165, 1.54) is 0 Å². The van der Waals surface area contributed by atoms with Gasteiger partial charge in [0.2, 0.25) is 0 Å². The Morgan fingerprint density at radius 1 is 1.40 bits per heavy atom. The normalized spacial score (nSPS) is 18.8. The molecule has 0 N–H and O–H groups in total. The minimum atomic E-state index is 0.157. The highest BCUT2D eigenvalue weighted by molar-refractivity contribution is 6.00. The minimum Gasteiger partial charge on any atom is -0.491 e. The van der Waals surface area contributed by atoms with E-state index in [1.54, 1.807) is 0 Å². The number of carbonyl (C=O) groups is 1. The van der Waals surface area contributed by atoms with Crippen LogP contribution in [0.2, 0.25) is 0 Å². The standard InChI is InChI=1S/C17H23NO2/c1-4-18-9-8-17(19)15(12-18)10-14-6-5-7-16(11-14)20-13(2)3/h5-7,10-11,13H,4,8-9,12H2,1-3H3/b15-10+. The Hall–Kier alpha value is -1.61.